The van der Waals surface area contributed by atoms with Gasteiger partial charge in [-0.2, -0.15) is 0 Å². The SMILES string of the molecule is Clc1ccc(-c2c(Cl)nc(C3CCCOC3)nc2Cl)cc1. The lowest BCUT2D eigenvalue weighted by atomic mass is 10.0. The third-order valence-electron chi connectivity index (χ3n) is 3.50. The fraction of sp³-hybridized carbons (Fsp3) is 0.333. The number of ether oxygens (including phenoxy) is 1. The Balaban J connectivity index is 1.97. The molecule has 0 amide bonds. The number of halogens is 3. The molecule has 0 bridgehead atoms. The molecule has 2 aromatic rings. The minimum atomic E-state index is 0.160. The maximum Gasteiger partial charge on any atom is 0.142 e. The van der Waals surface area contributed by atoms with Crippen molar-refractivity contribution in [2.45, 2.75) is 18.8 Å². The first-order valence-electron chi connectivity index (χ1n) is 6.72. The summed E-state index contributed by atoms with van der Waals surface area (Å²) in [6, 6.07) is 7.27. The molecule has 0 N–H and O–H groups in total. The molecule has 2 heterocycles. The smallest absolute Gasteiger partial charge is 0.142 e. The molecular formula is C15H13Cl3N2O. The van der Waals surface area contributed by atoms with Crippen LogP contribution in [-0.2, 0) is 4.74 Å². The molecule has 3 rings (SSSR count). The Bertz CT molecular complexity index is 617. The van der Waals surface area contributed by atoms with Crippen LogP contribution in [-0.4, -0.2) is 23.2 Å². The number of rotatable bonds is 2. The third kappa shape index (κ3) is 3.32. The van der Waals surface area contributed by atoms with E-state index < -0.39 is 0 Å². The molecule has 110 valence electrons. The van der Waals surface area contributed by atoms with E-state index in [1.54, 1.807) is 12.1 Å². The molecule has 1 aromatic carbocycles. The fourth-order valence-corrected chi connectivity index (χ4v) is 3.15. The second-order valence-electron chi connectivity index (χ2n) is 4.96. The minimum Gasteiger partial charge on any atom is -0.381 e. The van der Waals surface area contributed by atoms with E-state index in [0.717, 1.165) is 25.0 Å². The van der Waals surface area contributed by atoms with Crippen molar-refractivity contribution in [2.24, 2.45) is 0 Å². The van der Waals surface area contributed by atoms with Gasteiger partial charge >= 0.3 is 0 Å². The van der Waals surface area contributed by atoms with E-state index in [4.69, 9.17) is 39.5 Å². The summed E-state index contributed by atoms with van der Waals surface area (Å²) in [5.74, 6) is 0.815. The average Bonchev–Trinajstić information content (AvgIpc) is 2.49. The second-order valence-corrected chi connectivity index (χ2v) is 6.11. The highest BCUT2D eigenvalue weighted by Crippen LogP contribution is 2.35. The Morgan fingerprint density at radius 1 is 1.00 bits per heavy atom. The zero-order valence-electron chi connectivity index (χ0n) is 11.2. The van der Waals surface area contributed by atoms with Gasteiger partial charge in [0, 0.05) is 17.5 Å². The topological polar surface area (TPSA) is 35.0 Å². The van der Waals surface area contributed by atoms with Crippen molar-refractivity contribution in [2.75, 3.05) is 13.2 Å². The van der Waals surface area contributed by atoms with Crippen LogP contribution < -0.4 is 0 Å². The van der Waals surface area contributed by atoms with Crippen LogP contribution in [0, 0.1) is 0 Å². The summed E-state index contributed by atoms with van der Waals surface area (Å²) in [6.45, 7) is 1.41. The molecule has 1 fully saturated rings. The van der Waals surface area contributed by atoms with Gasteiger partial charge in [-0.05, 0) is 30.5 Å². The maximum atomic E-state index is 6.32. The van der Waals surface area contributed by atoms with Crippen LogP contribution in [0.4, 0.5) is 0 Å². The summed E-state index contributed by atoms with van der Waals surface area (Å²) < 4.78 is 5.46. The van der Waals surface area contributed by atoms with Crippen molar-refractivity contribution in [3.63, 3.8) is 0 Å². The molecule has 0 aliphatic carbocycles. The Morgan fingerprint density at radius 2 is 1.67 bits per heavy atom. The second kappa shape index (κ2) is 6.49. The van der Waals surface area contributed by atoms with Crippen LogP contribution in [0.15, 0.2) is 24.3 Å². The van der Waals surface area contributed by atoms with Crippen LogP contribution in [0.1, 0.15) is 24.6 Å². The first-order valence-corrected chi connectivity index (χ1v) is 7.85. The van der Waals surface area contributed by atoms with Gasteiger partial charge in [-0.25, -0.2) is 9.97 Å². The molecule has 6 heteroatoms. The lowest BCUT2D eigenvalue weighted by Gasteiger charge is -2.21. The molecule has 0 saturated carbocycles. The Kier molecular flexibility index (Phi) is 4.65. The van der Waals surface area contributed by atoms with Crippen molar-refractivity contribution in [1.82, 2.24) is 9.97 Å². The van der Waals surface area contributed by atoms with E-state index in [9.17, 15) is 0 Å². The van der Waals surface area contributed by atoms with E-state index in [0.29, 0.717) is 33.3 Å². The van der Waals surface area contributed by atoms with Gasteiger partial charge in [0.15, 0.2) is 0 Å². The molecule has 1 unspecified atom stereocenters. The molecular weight excluding hydrogens is 331 g/mol. The number of hydrogen-bond donors (Lipinski definition) is 0. The lowest BCUT2D eigenvalue weighted by Crippen LogP contribution is -2.18. The van der Waals surface area contributed by atoms with Crippen molar-refractivity contribution >= 4 is 34.8 Å². The van der Waals surface area contributed by atoms with Crippen LogP contribution >= 0.6 is 34.8 Å². The van der Waals surface area contributed by atoms with Crippen LogP contribution in [0.2, 0.25) is 15.3 Å². The van der Waals surface area contributed by atoms with Gasteiger partial charge in [-0.3, -0.25) is 0 Å². The molecule has 1 atom stereocenters. The summed E-state index contributed by atoms with van der Waals surface area (Å²) >= 11 is 18.5. The molecule has 21 heavy (non-hydrogen) atoms. The number of benzene rings is 1. The van der Waals surface area contributed by atoms with Gasteiger partial charge in [-0.15, -0.1) is 0 Å². The van der Waals surface area contributed by atoms with Crippen LogP contribution in [0.5, 0.6) is 0 Å². The van der Waals surface area contributed by atoms with E-state index in [2.05, 4.69) is 9.97 Å². The first kappa shape index (κ1) is 15.0. The van der Waals surface area contributed by atoms with E-state index in [1.165, 1.54) is 0 Å². The zero-order chi connectivity index (χ0) is 14.8. The Morgan fingerprint density at radius 3 is 2.24 bits per heavy atom. The van der Waals surface area contributed by atoms with E-state index in [1.807, 2.05) is 12.1 Å². The number of nitrogens with zero attached hydrogens (tertiary/aromatic N) is 2. The van der Waals surface area contributed by atoms with Crippen molar-refractivity contribution in [3.05, 3.63) is 45.4 Å². The Labute approximate surface area is 138 Å². The Hall–Kier alpha value is -0.870. The number of hydrogen-bond acceptors (Lipinski definition) is 3. The van der Waals surface area contributed by atoms with Crippen molar-refractivity contribution in [3.8, 4) is 11.1 Å². The van der Waals surface area contributed by atoms with Gasteiger partial charge in [-0.1, -0.05) is 46.9 Å². The highest BCUT2D eigenvalue weighted by atomic mass is 35.5. The van der Waals surface area contributed by atoms with Gasteiger partial charge < -0.3 is 4.74 Å². The zero-order valence-corrected chi connectivity index (χ0v) is 13.4. The third-order valence-corrected chi connectivity index (χ3v) is 4.30. The van der Waals surface area contributed by atoms with Crippen LogP contribution in [0.25, 0.3) is 11.1 Å². The quantitative estimate of drug-likeness (QED) is 0.720. The average molecular weight is 344 g/mol. The first-order chi connectivity index (χ1) is 10.1. The number of aromatic nitrogens is 2. The summed E-state index contributed by atoms with van der Waals surface area (Å²) in [4.78, 5) is 8.83. The predicted molar refractivity (Wildman–Crippen MR) is 85.3 cm³/mol. The standard InChI is InChI=1S/C15H13Cl3N2O/c16-11-5-3-9(4-6-11)12-13(17)19-15(20-14(12)18)10-2-1-7-21-8-10/h3-6,10H,1-2,7-8H2. The van der Waals surface area contributed by atoms with Gasteiger partial charge in [0.1, 0.15) is 16.1 Å². The molecule has 3 nitrogen and oxygen atoms in total. The molecule has 1 aliphatic heterocycles. The fourth-order valence-electron chi connectivity index (χ4n) is 2.40. The molecule has 1 saturated heterocycles. The lowest BCUT2D eigenvalue weighted by molar-refractivity contribution is 0.0780. The van der Waals surface area contributed by atoms with E-state index >= 15 is 0 Å². The van der Waals surface area contributed by atoms with Crippen molar-refractivity contribution < 1.29 is 4.74 Å². The molecule has 0 radical (unpaired) electrons. The van der Waals surface area contributed by atoms with Gasteiger partial charge in [0.05, 0.1) is 12.2 Å². The minimum absolute atomic E-state index is 0.160. The van der Waals surface area contributed by atoms with E-state index in [-0.39, 0.29) is 5.92 Å². The maximum absolute atomic E-state index is 6.32. The van der Waals surface area contributed by atoms with Gasteiger partial charge in [0.25, 0.3) is 0 Å². The highest BCUT2D eigenvalue weighted by Gasteiger charge is 2.22. The summed E-state index contributed by atoms with van der Waals surface area (Å²) in [7, 11) is 0. The highest BCUT2D eigenvalue weighted by molar-refractivity contribution is 6.37. The summed E-state index contributed by atoms with van der Waals surface area (Å²) in [5, 5.41) is 1.37. The largest absolute Gasteiger partial charge is 0.381 e. The molecule has 1 aliphatic rings. The molecule has 1 aromatic heterocycles. The van der Waals surface area contributed by atoms with Crippen molar-refractivity contribution in [1.29, 1.82) is 0 Å². The van der Waals surface area contributed by atoms with Crippen LogP contribution in [0.3, 0.4) is 0 Å². The summed E-state index contributed by atoms with van der Waals surface area (Å²) in [6.07, 6.45) is 2.00. The van der Waals surface area contributed by atoms with Gasteiger partial charge in [0.2, 0.25) is 0 Å². The molecule has 0 spiro atoms. The predicted octanol–water partition coefficient (Wildman–Crippen LogP) is 5.00. The normalized spacial score (nSPS) is 18.7. The summed E-state index contributed by atoms with van der Waals surface area (Å²) in [5.41, 5.74) is 1.48. The monoisotopic (exact) mass is 342 g/mol.